The van der Waals surface area contributed by atoms with Crippen molar-refractivity contribution < 1.29 is 14.3 Å². The van der Waals surface area contributed by atoms with Gasteiger partial charge < -0.3 is 15.4 Å². The molecule has 2 amide bonds. The van der Waals surface area contributed by atoms with Gasteiger partial charge in [-0.2, -0.15) is 5.10 Å². The number of ether oxygens (including phenoxy) is 1. The zero-order chi connectivity index (χ0) is 23.5. The Balaban J connectivity index is 1.27. The number of aromatic nitrogens is 2. The molecule has 0 atom stereocenters. The van der Waals surface area contributed by atoms with E-state index in [1.54, 1.807) is 43.1 Å². The fourth-order valence-electron chi connectivity index (χ4n) is 3.79. The van der Waals surface area contributed by atoms with Gasteiger partial charge in [0.1, 0.15) is 5.75 Å². The van der Waals surface area contributed by atoms with Gasteiger partial charge in [-0.3, -0.25) is 14.7 Å². The molecule has 172 valence electrons. The summed E-state index contributed by atoms with van der Waals surface area (Å²) in [5.41, 5.74) is 2.10. The second-order valence-electron chi connectivity index (χ2n) is 8.21. The highest BCUT2D eigenvalue weighted by molar-refractivity contribution is 7.99. The summed E-state index contributed by atoms with van der Waals surface area (Å²) in [7, 11) is 1.57. The lowest BCUT2D eigenvalue weighted by Crippen LogP contribution is -2.28. The highest BCUT2D eigenvalue weighted by Crippen LogP contribution is 2.33. The number of hydrogen-bond acceptors (Lipinski definition) is 5. The summed E-state index contributed by atoms with van der Waals surface area (Å²) in [5.74, 6) is 1.17. The lowest BCUT2D eigenvalue weighted by atomic mass is 9.85. The summed E-state index contributed by atoms with van der Waals surface area (Å²) in [6.45, 7) is 0. The molecule has 4 aromatic rings. The predicted octanol–water partition coefficient (Wildman–Crippen LogP) is 5.71. The molecule has 1 heterocycles. The number of amides is 2. The number of H-pyrrole nitrogens is 1. The molecule has 8 heteroatoms. The molecular weight excluding hydrogens is 448 g/mol. The minimum Gasteiger partial charge on any atom is -0.497 e. The molecule has 1 fully saturated rings. The summed E-state index contributed by atoms with van der Waals surface area (Å²) in [6, 6.07) is 20.7. The summed E-state index contributed by atoms with van der Waals surface area (Å²) < 4.78 is 5.20. The van der Waals surface area contributed by atoms with Crippen LogP contribution < -0.4 is 15.4 Å². The van der Waals surface area contributed by atoms with E-state index in [0.29, 0.717) is 22.8 Å². The van der Waals surface area contributed by atoms with E-state index in [2.05, 4.69) is 20.8 Å². The van der Waals surface area contributed by atoms with E-state index >= 15 is 0 Å². The SMILES string of the molecule is COc1cccc(C(=O)Nc2cccc(Sc3ccc4c(NC(=O)C5CCC5)n[nH]c4c3)c2)c1. The Hall–Kier alpha value is -3.78. The van der Waals surface area contributed by atoms with Gasteiger partial charge in [-0.15, -0.1) is 0 Å². The maximum atomic E-state index is 12.6. The van der Waals surface area contributed by atoms with Gasteiger partial charge in [0.05, 0.1) is 12.6 Å². The van der Waals surface area contributed by atoms with E-state index in [-0.39, 0.29) is 17.7 Å². The quantitative estimate of drug-likeness (QED) is 0.320. The standard InChI is InChI=1S/C26H24N4O3S/c1-33-19-9-3-7-17(13-19)26(32)27-18-8-4-10-20(14-18)34-21-11-12-22-23(15-21)29-30-24(22)28-25(31)16-5-2-6-16/h3-4,7-16H,2,5-6H2,1H3,(H,27,32)(H2,28,29,30,31). The summed E-state index contributed by atoms with van der Waals surface area (Å²) in [6.07, 6.45) is 3.02. The Morgan fingerprint density at radius 3 is 2.62 bits per heavy atom. The zero-order valence-corrected chi connectivity index (χ0v) is 19.4. The first-order chi connectivity index (χ1) is 16.6. The molecule has 1 saturated carbocycles. The number of methoxy groups -OCH3 is 1. The first kappa shape index (κ1) is 22.0. The van der Waals surface area contributed by atoms with Crippen molar-refractivity contribution in [2.75, 3.05) is 17.7 Å². The van der Waals surface area contributed by atoms with Crippen LogP contribution in [0.25, 0.3) is 10.9 Å². The maximum absolute atomic E-state index is 12.6. The van der Waals surface area contributed by atoms with Crippen molar-refractivity contribution in [3.05, 3.63) is 72.3 Å². The van der Waals surface area contributed by atoms with Crippen LogP contribution >= 0.6 is 11.8 Å². The van der Waals surface area contributed by atoms with Gasteiger partial charge in [0.2, 0.25) is 5.91 Å². The van der Waals surface area contributed by atoms with Gasteiger partial charge in [-0.05, 0) is 67.4 Å². The zero-order valence-electron chi connectivity index (χ0n) is 18.6. The summed E-state index contributed by atoms with van der Waals surface area (Å²) >= 11 is 1.58. The molecule has 1 aliphatic carbocycles. The van der Waals surface area contributed by atoms with Crippen LogP contribution in [0.2, 0.25) is 0 Å². The van der Waals surface area contributed by atoms with Gasteiger partial charge in [0, 0.05) is 32.3 Å². The van der Waals surface area contributed by atoms with Crippen LogP contribution in [0.3, 0.4) is 0 Å². The molecule has 0 unspecified atom stereocenters. The summed E-state index contributed by atoms with van der Waals surface area (Å²) in [5, 5.41) is 14.1. The van der Waals surface area contributed by atoms with Gasteiger partial charge >= 0.3 is 0 Å². The topological polar surface area (TPSA) is 96.1 Å². The van der Waals surface area contributed by atoms with Crippen molar-refractivity contribution in [3.8, 4) is 5.75 Å². The van der Waals surface area contributed by atoms with E-state index in [1.807, 2.05) is 42.5 Å². The van der Waals surface area contributed by atoms with Crippen molar-refractivity contribution in [3.63, 3.8) is 0 Å². The largest absolute Gasteiger partial charge is 0.497 e. The van der Waals surface area contributed by atoms with Crippen LogP contribution in [0.4, 0.5) is 11.5 Å². The number of hydrogen-bond donors (Lipinski definition) is 3. The molecule has 3 aromatic carbocycles. The molecular formula is C26H24N4O3S. The number of anilines is 2. The van der Waals surface area contributed by atoms with E-state index in [9.17, 15) is 9.59 Å². The Morgan fingerprint density at radius 1 is 1.00 bits per heavy atom. The molecule has 0 saturated heterocycles. The minimum atomic E-state index is -0.198. The van der Waals surface area contributed by atoms with Crippen LogP contribution in [-0.2, 0) is 4.79 Å². The van der Waals surface area contributed by atoms with Gasteiger partial charge in [-0.25, -0.2) is 0 Å². The van der Waals surface area contributed by atoms with Crippen LogP contribution in [-0.4, -0.2) is 29.1 Å². The Bertz CT molecular complexity index is 1360. The molecule has 3 N–H and O–H groups in total. The second kappa shape index (κ2) is 9.61. The van der Waals surface area contributed by atoms with Gasteiger partial charge in [0.15, 0.2) is 5.82 Å². The molecule has 7 nitrogen and oxygen atoms in total. The smallest absolute Gasteiger partial charge is 0.255 e. The van der Waals surface area contributed by atoms with Crippen molar-refractivity contribution in [2.45, 2.75) is 29.1 Å². The molecule has 0 aliphatic heterocycles. The maximum Gasteiger partial charge on any atom is 0.255 e. The molecule has 5 rings (SSSR count). The van der Waals surface area contributed by atoms with Gasteiger partial charge in [-0.1, -0.05) is 30.3 Å². The molecule has 0 spiro atoms. The highest BCUT2D eigenvalue weighted by atomic mass is 32.2. The van der Waals surface area contributed by atoms with Crippen LogP contribution in [0.5, 0.6) is 5.75 Å². The normalized spacial score (nSPS) is 13.3. The number of carbonyl (C=O) groups excluding carboxylic acids is 2. The first-order valence-corrected chi connectivity index (χ1v) is 11.9. The Kier molecular flexibility index (Phi) is 6.22. The lowest BCUT2D eigenvalue weighted by molar-refractivity contribution is -0.122. The molecule has 34 heavy (non-hydrogen) atoms. The number of benzene rings is 3. The van der Waals surface area contributed by atoms with Crippen LogP contribution in [0.15, 0.2) is 76.5 Å². The molecule has 1 aromatic heterocycles. The number of fused-ring (bicyclic) bond motifs is 1. The average Bonchev–Trinajstić information content (AvgIpc) is 3.20. The third-order valence-electron chi connectivity index (χ3n) is 5.91. The van der Waals surface area contributed by atoms with Crippen LogP contribution in [0, 0.1) is 5.92 Å². The monoisotopic (exact) mass is 472 g/mol. The van der Waals surface area contributed by atoms with E-state index in [4.69, 9.17) is 4.74 Å². The number of nitrogens with one attached hydrogen (secondary N) is 3. The summed E-state index contributed by atoms with van der Waals surface area (Å²) in [4.78, 5) is 26.9. The van der Waals surface area contributed by atoms with Crippen molar-refractivity contribution in [2.24, 2.45) is 5.92 Å². The van der Waals surface area contributed by atoms with E-state index < -0.39 is 0 Å². The predicted molar refractivity (Wildman–Crippen MR) is 134 cm³/mol. The van der Waals surface area contributed by atoms with Gasteiger partial charge in [0.25, 0.3) is 5.91 Å². The first-order valence-electron chi connectivity index (χ1n) is 11.1. The fraction of sp³-hybridized carbons (Fsp3) is 0.192. The van der Waals surface area contributed by atoms with Crippen molar-refractivity contribution >= 4 is 46.0 Å². The van der Waals surface area contributed by atoms with Crippen molar-refractivity contribution in [1.82, 2.24) is 10.2 Å². The van der Waals surface area contributed by atoms with Crippen LogP contribution in [0.1, 0.15) is 29.6 Å². The number of nitrogens with zero attached hydrogens (tertiary/aromatic N) is 1. The fourth-order valence-corrected chi connectivity index (χ4v) is 4.71. The van der Waals surface area contributed by atoms with Crippen molar-refractivity contribution in [1.29, 1.82) is 0 Å². The third kappa shape index (κ3) is 4.77. The second-order valence-corrected chi connectivity index (χ2v) is 9.36. The lowest BCUT2D eigenvalue weighted by Gasteiger charge is -2.23. The molecule has 1 aliphatic rings. The van der Waals surface area contributed by atoms with E-state index in [0.717, 1.165) is 40.0 Å². The van der Waals surface area contributed by atoms with E-state index in [1.165, 1.54) is 0 Å². The number of aromatic amines is 1. The number of carbonyl (C=O) groups is 2. The minimum absolute atomic E-state index is 0.0471. The third-order valence-corrected chi connectivity index (χ3v) is 6.89. The molecule has 0 bridgehead atoms. The number of rotatable bonds is 7. The molecule has 0 radical (unpaired) electrons. The average molecular weight is 473 g/mol. The Morgan fingerprint density at radius 2 is 1.82 bits per heavy atom. The highest BCUT2D eigenvalue weighted by Gasteiger charge is 2.26. The Labute approximate surface area is 201 Å².